The van der Waals surface area contributed by atoms with E-state index in [1.54, 1.807) is 30.3 Å². The van der Waals surface area contributed by atoms with Crippen molar-refractivity contribution in [1.82, 2.24) is 0 Å². The fraction of sp³-hybridized carbons (Fsp3) is 0.238. The van der Waals surface area contributed by atoms with E-state index >= 15 is 0 Å². The molecule has 0 fully saturated rings. The molecule has 0 radical (unpaired) electrons. The maximum Gasteiger partial charge on any atom is 0.294 e. The van der Waals surface area contributed by atoms with Crippen LogP contribution in [-0.2, 0) is 9.59 Å². The van der Waals surface area contributed by atoms with Crippen molar-refractivity contribution in [3.8, 4) is 11.5 Å². The number of carbonyl (C=O) groups excluding carboxylic acids is 2. The number of aryl methyl sites for hydroxylation is 1. The second-order valence-corrected chi connectivity index (χ2v) is 6.35. The van der Waals surface area contributed by atoms with Crippen LogP contribution in [0.4, 0.5) is 5.69 Å². The van der Waals surface area contributed by atoms with Crippen molar-refractivity contribution in [2.24, 2.45) is 0 Å². The summed E-state index contributed by atoms with van der Waals surface area (Å²) < 4.78 is 10.6. The monoisotopic (exact) mass is 367 g/mol. The summed E-state index contributed by atoms with van der Waals surface area (Å²) in [7, 11) is 3.04. The Morgan fingerprint density at radius 2 is 1.67 bits per heavy atom. The third-order valence-electron chi connectivity index (χ3n) is 4.62. The number of nitrogens with zero attached hydrogens (tertiary/aromatic N) is 1. The lowest BCUT2D eigenvalue weighted by molar-refractivity contribution is -0.117. The second-order valence-electron chi connectivity index (χ2n) is 6.35. The molecule has 1 unspecified atom stereocenters. The van der Waals surface area contributed by atoms with E-state index in [4.69, 9.17) is 9.47 Å². The van der Waals surface area contributed by atoms with Crippen molar-refractivity contribution in [3.63, 3.8) is 0 Å². The molecule has 1 atom stereocenters. The molecule has 2 aromatic carbocycles. The van der Waals surface area contributed by atoms with Crippen molar-refractivity contribution >= 4 is 17.4 Å². The molecule has 6 nitrogen and oxygen atoms in total. The van der Waals surface area contributed by atoms with E-state index in [1.165, 1.54) is 26.0 Å². The van der Waals surface area contributed by atoms with Crippen LogP contribution >= 0.6 is 0 Å². The average Bonchev–Trinajstić information content (AvgIpc) is 2.93. The van der Waals surface area contributed by atoms with E-state index in [0.717, 1.165) is 5.56 Å². The average molecular weight is 367 g/mol. The van der Waals surface area contributed by atoms with Gasteiger partial charge in [0.15, 0.2) is 23.0 Å². The van der Waals surface area contributed by atoms with Gasteiger partial charge in [0.1, 0.15) is 0 Å². The quantitative estimate of drug-likeness (QED) is 0.875. The van der Waals surface area contributed by atoms with Crippen molar-refractivity contribution in [2.45, 2.75) is 19.9 Å². The fourth-order valence-electron chi connectivity index (χ4n) is 3.27. The number of ketones is 1. The van der Waals surface area contributed by atoms with Gasteiger partial charge < -0.3 is 14.6 Å². The molecule has 6 heteroatoms. The maximum atomic E-state index is 12.8. The minimum Gasteiger partial charge on any atom is -0.503 e. The van der Waals surface area contributed by atoms with Crippen molar-refractivity contribution in [2.75, 3.05) is 19.1 Å². The first kappa shape index (κ1) is 18.5. The van der Waals surface area contributed by atoms with E-state index in [2.05, 4.69) is 0 Å². The largest absolute Gasteiger partial charge is 0.503 e. The van der Waals surface area contributed by atoms with Gasteiger partial charge >= 0.3 is 0 Å². The Morgan fingerprint density at radius 3 is 2.22 bits per heavy atom. The smallest absolute Gasteiger partial charge is 0.294 e. The number of hydrogen-bond donors (Lipinski definition) is 1. The van der Waals surface area contributed by atoms with Crippen LogP contribution in [0.5, 0.6) is 11.5 Å². The summed E-state index contributed by atoms with van der Waals surface area (Å²) in [6.45, 7) is 3.28. The number of hydrogen-bond acceptors (Lipinski definition) is 5. The van der Waals surface area contributed by atoms with Crippen LogP contribution in [-0.4, -0.2) is 31.0 Å². The number of benzene rings is 2. The summed E-state index contributed by atoms with van der Waals surface area (Å²) in [5.74, 6) is -0.493. The summed E-state index contributed by atoms with van der Waals surface area (Å²) in [4.78, 5) is 26.4. The number of rotatable bonds is 5. The molecule has 0 saturated heterocycles. The minimum atomic E-state index is -0.752. The van der Waals surface area contributed by atoms with E-state index in [0.29, 0.717) is 22.7 Å². The third-order valence-corrected chi connectivity index (χ3v) is 4.62. The Labute approximate surface area is 157 Å². The van der Waals surface area contributed by atoms with Gasteiger partial charge in [-0.05, 0) is 43.7 Å². The Hall–Kier alpha value is -3.28. The number of Topliss-reactive ketones (excluding diaryl/α,β-unsaturated/α-hetero) is 1. The number of anilines is 1. The predicted octanol–water partition coefficient (Wildman–Crippen LogP) is 3.50. The third kappa shape index (κ3) is 3.14. The number of ether oxygens (including phenoxy) is 2. The molecule has 140 valence electrons. The van der Waals surface area contributed by atoms with E-state index in [9.17, 15) is 14.7 Å². The Bertz CT molecular complexity index is 930. The first-order valence-corrected chi connectivity index (χ1v) is 8.45. The molecule has 27 heavy (non-hydrogen) atoms. The fourth-order valence-corrected chi connectivity index (χ4v) is 3.27. The number of methoxy groups -OCH3 is 2. The zero-order valence-electron chi connectivity index (χ0n) is 15.6. The van der Waals surface area contributed by atoms with Gasteiger partial charge in [0, 0.05) is 5.69 Å². The predicted molar refractivity (Wildman–Crippen MR) is 101 cm³/mol. The minimum absolute atomic E-state index is 0.0628. The van der Waals surface area contributed by atoms with Gasteiger partial charge in [-0.3, -0.25) is 14.5 Å². The van der Waals surface area contributed by atoms with Gasteiger partial charge in [0.25, 0.3) is 5.91 Å². The van der Waals surface area contributed by atoms with Crippen LogP contribution in [0, 0.1) is 6.92 Å². The molecule has 0 aromatic heterocycles. The first-order valence-electron chi connectivity index (χ1n) is 8.45. The molecule has 1 heterocycles. The van der Waals surface area contributed by atoms with Crippen LogP contribution in [0.3, 0.4) is 0 Å². The standard InChI is InChI=1S/C21H21NO5/c1-12-5-8-15(9-6-12)22-19(18(13(2)23)20(24)21(22)25)14-7-10-16(26-3)17(11-14)27-4/h5-11,19,24H,1-4H3. The Morgan fingerprint density at radius 1 is 1.04 bits per heavy atom. The van der Waals surface area contributed by atoms with Crippen LogP contribution in [0.2, 0.25) is 0 Å². The number of carbonyl (C=O) groups is 2. The molecule has 3 rings (SSSR count). The van der Waals surface area contributed by atoms with Crippen LogP contribution < -0.4 is 14.4 Å². The summed E-state index contributed by atoms with van der Waals surface area (Å²) in [5.41, 5.74) is 2.33. The highest BCUT2D eigenvalue weighted by Crippen LogP contribution is 2.43. The molecular formula is C21H21NO5. The highest BCUT2D eigenvalue weighted by molar-refractivity contribution is 6.16. The maximum absolute atomic E-state index is 12.8. The zero-order valence-corrected chi connectivity index (χ0v) is 15.6. The molecule has 0 bridgehead atoms. The summed E-state index contributed by atoms with van der Waals surface area (Å²) >= 11 is 0. The van der Waals surface area contributed by atoms with Crippen molar-refractivity contribution < 1.29 is 24.2 Å². The Kier molecular flexibility index (Phi) is 4.90. The molecule has 1 amide bonds. The summed E-state index contributed by atoms with van der Waals surface area (Å²) in [6, 6.07) is 11.7. The number of aliphatic hydroxyl groups is 1. The van der Waals surface area contributed by atoms with E-state index < -0.39 is 17.7 Å². The SMILES string of the molecule is COc1ccc(C2C(C(C)=O)=C(O)C(=O)N2c2ccc(C)cc2)cc1OC. The molecule has 1 aliphatic rings. The van der Waals surface area contributed by atoms with Gasteiger partial charge in [-0.1, -0.05) is 23.8 Å². The molecular weight excluding hydrogens is 346 g/mol. The lowest BCUT2D eigenvalue weighted by Crippen LogP contribution is -2.30. The van der Waals surface area contributed by atoms with Crippen LogP contribution in [0.25, 0.3) is 0 Å². The van der Waals surface area contributed by atoms with Gasteiger partial charge in [-0.25, -0.2) is 0 Å². The van der Waals surface area contributed by atoms with E-state index in [1.807, 2.05) is 19.1 Å². The highest BCUT2D eigenvalue weighted by atomic mass is 16.5. The molecule has 1 aliphatic heterocycles. The van der Waals surface area contributed by atoms with E-state index in [-0.39, 0.29) is 11.4 Å². The van der Waals surface area contributed by atoms with Crippen LogP contribution in [0.1, 0.15) is 24.1 Å². The van der Waals surface area contributed by atoms with Crippen LogP contribution in [0.15, 0.2) is 53.8 Å². The highest BCUT2D eigenvalue weighted by Gasteiger charge is 2.43. The van der Waals surface area contributed by atoms with Gasteiger partial charge in [-0.2, -0.15) is 0 Å². The number of amides is 1. The second kappa shape index (κ2) is 7.15. The molecule has 0 spiro atoms. The molecule has 0 saturated carbocycles. The lowest BCUT2D eigenvalue weighted by Gasteiger charge is -2.27. The van der Waals surface area contributed by atoms with Gasteiger partial charge in [0.05, 0.1) is 25.8 Å². The van der Waals surface area contributed by atoms with Crippen molar-refractivity contribution in [1.29, 1.82) is 0 Å². The molecule has 0 aliphatic carbocycles. The zero-order chi connectivity index (χ0) is 19.7. The summed E-state index contributed by atoms with van der Waals surface area (Å²) in [5, 5.41) is 10.4. The molecule has 2 aromatic rings. The summed E-state index contributed by atoms with van der Waals surface area (Å²) in [6.07, 6.45) is 0. The van der Waals surface area contributed by atoms with Gasteiger partial charge in [-0.15, -0.1) is 0 Å². The van der Waals surface area contributed by atoms with Crippen molar-refractivity contribution in [3.05, 3.63) is 64.9 Å². The topological polar surface area (TPSA) is 76.1 Å². The lowest BCUT2D eigenvalue weighted by atomic mass is 9.96. The van der Waals surface area contributed by atoms with Gasteiger partial charge in [0.2, 0.25) is 0 Å². The first-order chi connectivity index (χ1) is 12.9. The number of aliphatic hydroxyl groups excluding tert-OH is 1. The Balaban J connectivity index is 2.18. The normalized spacial score (nSPS) is 16.7. The molecule has 1 N–H and O–H groups in total.